The Morgan fingerprint density at radius 3 is 2.55 bits per heavy atom. The maximum Gasteiger partial charge on any atom is 0.260 e. The van der Waals surface area contributed by atoms with Crippen molar-refractivity contribution >= 4 is 21.6 Å². The van der Waals surface area contributed by atoms with Gasteiger partial charge in [0.25, 0.3) is 10.0 Å². The third-order valence-corrected chi connectivity index (χ3v) is 5.58. The smallest absolute Gasteiger partial charge is 0.260 e. The van der Waals surface area contributed by atoms with E-state index in [0.717, 1.165) is 19.6 Å². The van der Waals surface area contributed by atoms with E-state index in [9.17, 15) is 8.42 Å². The summed E-state index contributed by atoms with van der Waals surface area (Å²) in [6.07, 6.45) is 1.47. The highest BCUT2D eigenvalue weighted by atomic mass is 35.5. The highest BCUT2D eigenvalue weighted by Gasteiger charge is 2.31. The molecule has 1 aliphatic rings. The van der Waals surface area contributed by atoms with Gasteiger partial charge in [0.1, 0.15) is 0 Å². The molecule has 20 heavy (non-hydrogen) atoms. The van der Waals surface area contributed by atoms with Crippen LogP contribution in [0, 0.1) is 5.92 Å². The monoisotopic (exact) mass is 320 g/mol. The van der Waals surface area contributed by atoms with Gasteiger partial charge < -0.3 is 4.90 Å². The third kappa shape index (κ3) is 3.33. The summed E-state index contributed by atoms with van der Waals surface area (Å²) < 4.78 is 26.6. The lowest BCUT2D eigenvalue weighted by Crippen LogP contribution is -2.49. The molecule has 0 spiro atoms. The molecule has 0 unspecified atom stereocenters. The predicted octanol–water partition coefficient (Wildman–Crippen LogP) is 1.11. The second kappa shape index (κ2) is 6.43. The zero-order valence-electron chi connectivity index (χ0n) is 11.8. The zero-order valence-corrected chi connectivity index (χ0v) is 13.4. The van der Waals surface area contributed by atoms with Gasteiger partial charge in [-0.05, 0) is 5.92 Å². The van der Waals surface area contributed by atoms with Crippen molar-refractivity contribution in [1.29, 1.82) is 0 Å². The molecule has 2 rings (SSSR count). The Balaban J connectivity index is 2.06. The first-order valence-electron chi connectivity index (χ1n) is 6.76. The van der Waals surface area contributed by atoms with Crippen molar-refractivity contribution in [3.8, 4) is 0 Å². The Bertz CT molecular complexity index is 535. The zero-order chi connectivity index (χ0) is 14.8. The van der Waals surface area contributed by atoms with Crippen LogP contribution in [0.5, 0.6) is 0 Å². The van der Waals surface area contributed by atoms with E-state index in [1.807, 2.05) is 0 Å². The molecule has 0 amide bonds. The van der Waals surface area contributed by atoms with Gasteiger partial charge in [-0.25, -0.2) is 8.42 Å². The van der Waals surface area contributed by atoms with E-state index < -0.39 is 10.0 Å². The molecule has 1 aromatic rings. The van der Waals surface area contributed by atoms with E-state index in [-0.39, 0.29) is 10.9 Å². The molecule has 1 N–H and O–H groups in total. The van der Waals surface area contributed by atoms with Crippen LogP contribution in [0.25, 0.3) is 0 Å². The Kier molecular flexibility index (Phi) is 5.06. The van der Waals surface area contributed by atoms with Crippen LogP contribution in [0.4, 0.5) is 0 Å². The number of nitrogens with one attached hydrogen (secondary N) is 1. The average molecular weight is 321 g/mol. The fourth-order valence-corrected chi connectivity index (χ4v) is 4.22. The van der Waals surface area contributed by atoms with Gasteiger partial charge in [-0.2, -0.15) is 9.40 Å². The minimum absolute atomic E-state index is 0.129. The second-order valence-electron chi connectivity index (χ2n) is 5.46. The van der Waals surface area contributed by atoms with Crippen molar-refractivity contribution in [2.24, 2.45) is 5.92 Å². The van der Waals surface area contributed by atoms with Gasteiger partial charge in [-0.1, -0.05) is 13.8 Å². The molecule has 1 aromatic heterocycles. The Hall–Kier alpha value is -0.630. The molecule has 1 saturated heterocycles. The number of aromatic nitrogens is 2. The van der Waals surface area contributed by atoms with E-state index >= 15 is 0 Å². The Morgan fingerprint density at radius 2 is 2.00 bits per heavy atom. The van der Waals surface area contributed by atoms with Crippen LogP contribution < -0.4 is 0 Å². The lowest BCUT2D eigenvalue weighted by molar-refractivity contribution is 0.172. The molecular weight excluding hydrogens is 300 g/mol. The molecule has 0 aromatic carbocycles. The van der Waals surface area contributed by atoms with Crippen LogP contribution in [-0.4, -0.2) is 60.5 Å². The fourth-order valence-electron chi connectivity index (χ4n) is 2.42. The van der Waals surface area contributed by atoms with E-state index in [4.69, 9.17) is 11.6 Å². The summed E-state index contributed by atoms with van der Waals surface area (Å²) in [7, 11) is -3.51. The molecule has 1 aliphatic heterocycles. The number of sulfonamides is 1. The van der Waals surface area contributed by atoms with Gasteiger partial charge in [0.05, 0.1) is 12.1 Å². The first-order chi connectivity index (χ1) is 9.45. The third-order valence-electron chi connectivity index (χ3n) is 3.37. The van der Waals surface area contributed by atoms with Crippen molar-refractivity contribution in [2.75, 3.05) is 32.7 Å². The van der Waals surface area contributed by atoms with Gasteiger partial charge in [-0.3, -0.25) is 5.10 Å². The molecule has 0 bridgehead atoms. The number of hydrogen-bond donors (Lipinski definition) is 1. The van der Waals surface area contributed by atoms with Gasteiger partial charge >= 0.3 is 0 Å². The van der Waals surface area contributed by atoms with Crippen molar-refractivity contribution < 1.29 is 8.42 Å². The number of alkyl halides is 1. The van der Waals surface area contributed by atoms with Crippen LogP contribution in [0.3, 0.4) is 0 Å². The molecule has 6 nitrogen and oxygen atoms in total. The highest BCUT2D eigenvalue weighted by Crippen LogP contribution is 2.20. The van der Waals surface area contributed by atoms with E-state index in [0.29, 0.717) is 24.6 Å². The van der Waals surface area contributed by atoms with Crippen molar-refractivity contribution in [3.63, 3.8) is 0 Å². The first kappa shape index (κ1) is 15.8. The highest BCUT2D eigenvalue weighted by molar-refractivity contribution is 7.89. The molecule has 8 heteroatoms. The number of piperazine rings is 1. The lowest BCUT2D eigenvalue weighted by Gasteiger charge is -2.34. The summed E-state index contributed by atoms with van der Waals surface area (Å²) in [5, 5.41) is 6.47. The second-order valence-corrected chi connectivity index (χ2v) is 7.60. The van der Waals surface area contributed by atoms with Crippen molar-refractivity contribution in [3.05, 3.63) is 11.8 Å². The summed E-state index contributed by atoms with van der Waals surface area (Å²) in [5.41, 5.74) is 0.524. The summed E-state index contributed by atoms with van der Waals surface area (Å²) in [4.78, 5) is 2.30. The number of halogens is 1. The molecule has 114 valence electrons. The summed E-state index contributed by atoms with van der Waals surface area (Å²) in [5.74, 6) is 0.729. The quantitative estimate of drug-likeness (QED) is 0.825. The molecule has 0 atom stereocenters. The molecule has 0 radical (unpaired) electrons. The Morgan fingerprint density at radius 1 is 1.35 bits per heavy atom. The fraction of sp³-hybridized carbons (Fsp3) is 0.750. The van der Waals surface area contributed by atoms with Crippen LogP contribution in [0.2, 0.25) is 0 Å². The van der Waals surface area contributed by atoms with Crippen LogP contribution in [0.1, 0.15) is 19.4 Å². The minimum Gasteiger partial charge on any atom is -0.300 e. The van der Waals surface area contributed by atoms with Gasteiger partial charge in [-0.15, -0.1) is 11.6 Å². The SMILES string of the molecule is CC(C)CN1CCN(S(=O)(=O)c2[nH]ncc2CCl)CC1. The predicted molar refractivity (Wildman–Crippen MR) is 78.2 cm³/mol. The number of H-pyrrole nitrogens is 1. The Labute approximate surface area is 125 Å². The van der Waals surface area contributed by atoms with Gasteiger partial charge in [0.2, 0.25) is 0 Å². The molecule has 0 saturated carbocycles. The summed E-state index contributed by atoms with van der Waals surface area (Å²) in [6.45, 7) is 7.89. The van der Waals surface area contributed by atoms with Gasteiger partial charge in [0, 0.05) is 38.3 Å². The molecule has 2 heterocycles. The van der Waals surface area contributed by atoms with E-state index in [2.05, 4.69) is 28.9 Å². The largest absolute Gasteiger partial charge is 0.300 e. The van der Waals surface area contributed by atoms with Crippen molar-refractivity contribution in [1.82, 2.24) is 19.4 Å². The number of rotatable bonds is 5. The first-order valence-corrected chi connectivity index (χ1v) is 8.73. The van der Waals surface area contributed by atoms with E-state index in [1.54, 1.807) is 0 Å². The van der Waals surface area contributed by atoms with Crippen molar-refractivity contribution in [2.45, 2.75) is 24.8 Å². The van der Waals surface area contributed by atoms with Crippen LogP contribution >= 0.6 is 11.6 Å². The average Bonchev–Trinajstić information content (AvgIpc) is 2.87. The van der Waals surface area contributed by atoms with Crippen LogP contribution in [0.15, 0.2) is 11.2 Å². The van der Waals surface area contributed by atoms with E-state index in [1.165, 1.54) is 10.5 Å². The maximum absolute atomic E-state index is 12.5. The van der Waals surface area contributed by atoms with Crippen LogP contribution in [-0.2, 0) is 15.9 Å². The maximum atomic E-state index is 12.5. The molecule has 0 aliphatic carbocycles. The normalized spacial score (nSPS) is 18.8. The summed E-state index contributed by atoms with van der Waals surface area (Å²) in [6, 6.07) is 0. The van der Waals surface area contributed by atoms with Gasteiger partial charge in [0.15, 0.2) is 5.03 Å². The minimum atomic E-state index is -3.51. The molecular formula is C12H21ClN4O2S. The molecule has 1 fully saturated rings. The summed E-state index contributed by atoms with van der Waals surface area (Å²) >= 11 is 5.75. The topological polar surface area (TPSA) is 69.3 Å². The number of nitrogens with zero attached hydrogens (tertiary/aromatic N) is 3. The standard InChI is InChI=1S/C12H21ClN4O2S/c1-10(2)9-16-3-5-17(6-4-16)20(18,19)12-11(7-13)8-14-15-12/h8,10H,3-7,9H2,1-2H3,(H,14,15). The number of hydrogen-bond acceptors (Lipinski definition) is 4. The lowest BCUT2D eigenvalue weighted by atomic mass is 10.2. The number of aromatic amines is 1.